The fourth-order valence-electron chi connectivity index (χ4n) is 1.65. The van der Waals surface area contributed by atoms with Gasteiger partial charge in [0.25, 0.3) is 0 Å². The highest BCUT2D eigenvalue weighted by Crippen LogP contribution is 2.29. The lowest BCUT2D eigenvalue weighted by Crippen LogP contribution is -2.24. The van der Waals surface area contributed by atoms with Gasteiger partial charge in [0.2, 0.25) is 0 Å². The van der Waals surface area contributed by atoms with Gasteiger partial charge < -0.3 is 9.84 Å². The minimum atomic E-state index is -0.897. The van der Waals surface area contributed by atoms with Crippen molar-refractivity contribution in [1.82, 2.24) is 4.98 Å². The van der Waals surface area contributed by atoms with Gasteiger partial charge in [0.1, 0.15) is 0 Å². The van der Waals surface area contributed by atoms with E-state index in [0.717, 1.165) is 14.6 Å². The van der Waals surface area contributed by atoms with Crippen molar-refractivity contribution in [1.29, 1.82) is 0 Å². The Labute approximate surface area is 119 Å². The zero-order valence-electron chi connectivity index (χ0n) is 10.5. The molecule has 0 fully saturated rings. The number of nitrogens with zero attached hydrogens (tertiary/aromatic N) is 1. The molecule has 0 radical (unpaired) electrons. The number of rotatable bonds is 7. The number of carboxylic acid groups (broad SMARTS) is 1. The molecule has 1 unspecified atom stereocenters. The van der Waals surface area contributed by atoms with E-state index in [0.29, 0.717) is 18.8 Å². The van der Waals surface area contributed by atoms with E-state index >= 15 is 0 Å². The van der Waals surface area contributed by atoms with Crippen molar-refractivity contribution in [3.05, 3.63) is 24.3 Å². The number of para-hydroxylation sites is 1. The fraction of sp³-hybridized carbons (Fsp3) is 0.385. The second kappa shape index (κ2) is 6.88. The first-order chi connectivity index (χ1) is 9.20. The van der Waals surface area contributed by atoms with Crippen LogP contribution in [0.5, 0.6) is 0 Å². The summed E-state index contributed by atoms with van der Waals surface area (Å²) in [7, 11) is 0. The number of aliphatic carboxylic acids is 1. The van der Waals surface area contributed by atoms with E-state index in [-0.39, 0.29) is 0 Å². The average Bonchev–Trinajstić information content (AvgIpc) is 2.80. The number of carboxylic acids is 1. The summed E-state index contributed by atoms with van der Waals surface area (Å²) >= 11 is 3.22. The normalized spacial score (nSPS) is 12.7. The monoisotopic (exact) mass is 297 g/mol. The topological polar surface area (TPSA) is 59.4 Å². The van der Waals surface area contributed by atoms with Gasteiger partial charge in [-0.05, 0) is 25.5 Å². The molecule has 0 saturated heterocycles. The van der Waals surface area contributed by atoms with Crippen LogP contribution in [-0.4, -0.2) is 34.5 Å². The number of hydrogen-bond acceptors (Lipinski definition) is 5. The third-order valence-corrected chi connectivity index (χ3v) is 4.74. The molecule has 1 heterocycles. The largest absolute Gasteiger partial charge is 0.479 e. The van der Waals surface area contributed by atoms with E-state index in [1.165, 1.54) is 0 Å². The van der Waals surface area contributed by atoms with Gasteiger partial charge in [-0.3, -0.25) is 0 Å². The van der Waals surface area contributed by atoms with Crippen molar-refractivity contribution >= 4 is 39.3 Å². The van der Waals surface area contributed by atoms with Gasteiger partial charge in [-0.25, -0.2) is 9.78 Å². The molecule has 0 saturated carbocycles. The van der Waals surface area contributed by atoms with Gasteiger partial charge in [0, 0.05) is 12.4 Å². The summed E-state index contributed by atoms with van der Waals surface area (Å²) in [5, 5.41) is 8.97. The molecule has 1 aromatic carbocycles. The lowest BCUT2D eigenvalue weighted by molar-refractivity contribution is -0.150. The number of thioether (sulfide) groups is 1. The summed E-state index contributed by atoms with van der Waals surface area (Å²) in [6, 6.07) is 7.98. The van der Waals surface area contributed by atoms with Crippen LogP contribution < -0.4 is 0 Å². The van der Waals surface area contributed by atoms with Gasteiger partial charge in [-0.1, -0.05) is 23.9 Å². The highest BCUT2D eigenvalue weighted by atomic mass is 32.2. The molecule has 6 heteroatoms. The number of thiazole rings is 1. The van der Waals surface area contributed by atoms with Gasteiger partial charge in [0.05, 0.1) is 10.2 Å². The van der Waals surface area contributed by atoms with Gasteiger partial charge in [-0.15, -0.1) is 11.3 Å². The number of hydrogen-bond donors (Lipinski definition) is 1. The fourth-order valence-corrected chi connectivity index (χ4v) is 3.77. The Bertz CT molecular complexity index is 523. The average molecular weight is 297 g/mol. The van der Waals surface area contributed by atoms with Crippen LogP contribution in [0.4, 0.5) is 0 Å². The molecule has 0 aliphatic rings. The molecular weight excluding hydrogens is 282 g/mol. The van der Waals surface area contributed by atoms with Crippen LogP contribution in [0.3, 0.4) is 0 Å². The lowest BCUT2D eigenvalue weighted by Gasteiger charge is -2.10. The SMILES string of the molecule is CCOC(CCSc1nc2ccccc2s1)C(=O)O. The number of fused-ring (bicyclic) bond motifs is 1. The summed E-state index contributed by atoms with van der Waals surface area (Å²) in [6.07, 6.45) is -0.226. The zero-order valence-corrected chi connectivity index (χ0v) is 12.2. The molecule has 102 valence electrons. The molecule has 0 spiro atoms. The first kappa shape index (κ1) is 14.3. The summed E-state index contributed by atoms with van der Waals surface area (Å²) < 4.78 is 7.30. The molecule has 2 rings (SSSR count). The van der Waals surface area contributed by atoms with Gasteiger partial charge >= 0.3 is 5.97 Å². The van der Waals surface area contributed by atoms with Crippen molar-refractivity contribution in [2.45, 2.75) is 23.8 Å². The van der Waals surface area contributed by atoms with Gasteiger partial charge in [-0.2, -0.15) is 0 Å². The molecule has 1 atom stereocenters. The maximum Gasteiger partial charge on any atom is 0.332 e. The van der Waals surface area contributed by atoms with Crippen LogP contribution in [-0.2, 0) is 9.53 Å². The molecule has 1 N–H and O–H groups in total. The van der Waals surface area contributed by atoms with Crippen LogP contribution in [0.25, 0.3) is 10.2 Å². The Balaban J connectivity index is 1.89. The predicted octanol–water partition coefficient (Wildman–Crippen LogP) is 3.27. The van der Waals surface area contributed by atoms with Crippen LogP contribution in [0.15, 0.2) is 28.6 Å². The standard InChI is InChI=1S/C13H15NO3S2/c1-2-17-10(12(15)16)7-8-18-13-14-9-5-3-4-6-11(9)19-13/h3-6,10H,2,7-8H2,1H3,(H,15,16). The molecule has 4 nitrogen and oxygen atoms in total. The smallest absolute Gasteiger partial charge is 0.332 e. The summed E-state index contributed by atoms with van der Waals surface area (Å²) in [6.45, 7) is 2.22. The number of ether oxygens (including phenoxy) is 1. The molecule has 19 heavy (non-hydrogen) atoms. The molecule has 0 amide bonds. The highest BCUT2D eigenvalue weighted by molar-refractivity contribution is 8.01. The third kappa shape index (κ3) is 3.92. The second-order valence-corrected chi connectivity index (χ2v) is 6.24. The van der Waals surface area contributed by atoms with Crippen molar-refractivity contribution in [2.75, 3.05) is 12.4 Å². The molecule has 2 aromatic rings. The Hall–Kier alpha value is -1.11. The summed E-state index contributed by atoms with van der Waals surface area (Å²) in [5.41, 5.74) is 0.995. The maximum absolute atomic E-state index is 10.9. The molecule has 1 aromatic heterocycles. The van der Waals surface area contributed by atoms with Crippen molar-refractivity contribution in [3.63, 3.8) is 0 Å². The van der Waals surface area contributed by atoms with E-state index in [4.69, 9.17) is 9.84 Å². The Morgan fingerprint density at radius 2 is 2.32 bits per heavy atom. The first-order valence-corrected chi connectivity index (χ1v) is 7.83. The number of carbonyl (C=O) groups is 1. The van der Waals surface area contributed by atoms with E-state index in [9.17, 15) is 4.79 Å². The minimum absolute atomic E-state index is 0.419. The quantitative estimate of drug-likeness (QED) is 0.795. The summed E-state index contributed by atoms with van der Waals surface area (Å²) in [5.74, 6) is -0.205. The molecule has 0 aliphatic carbocycles. The Morgan fingerprint density at radius 1 is 1.53 bits per heavy atom. The Kier molecular flexibility index (Phi) is 5.18. The van der Waals surface area contributed by atoms with E-state index < -0.39 is 12.1 Å². The predicted molar refractivity (Wildman–Crippen MR) is 78.0 cm³/mol. The molecule has 0 bridgehead atoms. The van der Waals surface area contributed by atoms with E-state index in [1.807, 2.05) is 24.3 Å². The van der Waals surface area contributed by atoms with Crippen LogP contribution >= 0.6 is 23.1 Å². The van der Waals surface area contributed by atoms with E-state index in [2.05, 4.69) is 4.98 Å². The first-order valence-electron chi connectivity index (χ1n) is 6.03. The maximum atomic E-state index is 10.9. The zero-order chi connectivity index (χ0) is 13.7. The van der Waals surface area contributed by atoms with Crippen molar-refractivity contribution in [2.24, 2.45) is 0 Å². The van der Waals surface area contributed by atoms with Crippen molar-refractivity contribution < 1.29 is 14.6 Å². The second-order valence-electron chi connectivity index (χ2n) is 3.87. The number of aromatic nitrogens is 1. The van der Waals surface area contributed by atoms with Crippen LogP contribution in [0, 0.1) is 0 Å². The molecule has 0 aliphatic heterocycles. The van der Waals surface area contributed by atoms with E-state index in [1.54, 1.807) is 30.0 Å². The minimum Gasteiger partial charge on any atom is -0.479 e. The Morgan fingerprint density at radius 3 is 3.00 bits per heavy atom. The highest BCUT2D eigenvalue weighted by Gasteiger charge is 2.17. The summed E-state index contributed by atoms with van der Waals surface area (Å²) in [4.78, 5) is 15.4. The third-order valence-electron chi connectivity index (χ3n) is 2.52. The molecular formula is C13H15NO3S2. The van der Waals surface area contributed by atoms with Crippen LogP contribution in [0.2, 0.25) is 0 Å². The van der Waals surface area contributed by atoms with Crippen LogP contribution in [0.1, 0.15) is 13.3 Å². The van der Waals surface area contributed by atoms with Gasteiger partial charge in [0.15, 0.2) is 10.4 Å². The van der Waals surface area contributed by atoms with Crippen molar-refractivity contribution in [3.8, 4) is 0 Å². The lowest BCUT2D eigenvalue weighted by atomic mass is 10.3. The number of benzene rings is 1.